The van der Waals surface area contributed by atoms with Crippen LogP contribution in [0.15, 0.2) is 12.1 Å². The van der Waals surface area contributed by atoms with E-state index in [9.17, 15) is 22.4 Å². The maximum Gasteiger partial charge on any atom is 0.417 e. The minimum Gasteiger partial charge on any atom is -0.294 e. The van der Waals surface area contributed by atoms with E-state index < -0.39 is 28.9 Å². The summed E-state index contributed by atoms with van der Waals surface area (Å²) in [7, 11) is 0. The Morgan fingerprint density at radius 2 is 1.80 bits per heavy atom. The number of aryl methyl sites for hydroxylation is 1. The van der Waals surface area contributed by atoms with E-state index in [1.54, 1.807) is 0 Å². The molecule has 1 nitrogen and oxygen atoms in total. The third-order valence-corrected chi connectivity index (χ3v) is 1.96. The molecule has 0 aliphatic carbocycles. The van der Waals surface area contributed by atoms with Crippen LogP contribution in [0.1, 0.15) is 28.4 Å². The Balaban J connectivity index is 3.55. The highest BCUT2D eigenvalue weighted by atomic mass is 19.4. The Labute approximate surface area is 83.7 Å². The lowest BCUT2D eigenvalue weighted by Gasteiger charge is -2.13. The first-order chi connectivity index (χ1) is 6.73. The summed E-state index contributed by atoms with van der Waals surface area (Å²) in [6, 6.07) is 1.37. The van der Waals surface area contributed by atoms with Gasteiger partial charge in [-0.1, -0.05) is 0 Å². The lowest BCUT2D eigenvalue weighted by Crippen LogP contribution is -2.14. The fourth-order valence-corrected chi connectivity index (χ4v) is 1.40. The molecule has 0 aliphatic heterocycles. The molecule has 0 unspecified atom stereocenters. The van der Waals surface area contributed by atoms with Crippen LogP contribution in [-0.4, -0.2) is 5.78 Å². The van der Waals surface area contributed by atoms with Gasteiger partial charge in [0.05, 0.1) is 5.56 Å². The molecular formula is C10H8F4O. The molecule has 0 heterocycles. The SMILES string of the molecule is CC(=O)c1cc(F)cc(C)c1C(F)(F)F. The van der Waals surface area contributed by atoms with Crippen LogP contribution in [0.3, 0.4) is 0 Å². The molecule has 0 spiro atoms. The van der Waals surface area contributed by atoms with Crippen molar-refractivity contribution >= 4 is 5.78 Å². The summed E-state index contributed by atoms with van der Waals surface area (Å²) in [6.45, 7) is 2.10. The van der Waals surface area contributed by atoms with Crippen molar-refractivity contribution in [1.29, 1.82) is 0 Å². The smallest absolute Gasteiger partial charge is 0.294 e. The number of ketones is 1. The molecule has 0 saturated heterocycles. The number of halogens is 4. The van der Waals surface area contributed by atoms with Crippen LogP contribution in [0.2, 0.25) is 0 Å². The summed E-state index contributed by atoms with van der Waals surface area (Å²) in [4.78, 5) is 11.0. The number of benzene rings is 1. The summed E-state index contributed by atoms with van der Waals surface area (Å²) in [5.41, 5.74) is -1.97. The van der Waals surface area contributed by atoms with Gasteiger partial charge in [-0.2, -0.15) is 13.2 Å². The summed E-state index contributed by atoms with van der Waals surface area (Å²) >= 11 is 0. The zero-order chi connectivity index (χ0) is 11.8. The lowest BCUT2D eigenvalue weighted by atomic mass is 9.98. The molecule has 0 aromatic heterocycles. The second-order valence-electron chi connectivity index (χ2n) is 3.20. The van der Waals surface area contributed by atoms with Crippen LogP contribution >= 0.6 is 0 Å². The second kappa shape index (κ2) is 3.64. The molecule has 0 atom stereocenters. The van der Waals surface area contributed by atoms with Crippen molar-refractivity contribution in [2.75, 3.05) is 0 Å². The van der Waals surface area contributed by atoms with Crippen LogP contribution in [0.25, 0.3) is 0 Å². The minimum absolute atomic E-state index is 0.285. The van der Waals surface area contributed by atoms with Crippen molar-refractivity contribution in [1.82, 2.24) is 0 Å². The first kappa shape index (κ1) is 11.7. The fourth-order valence-electron chi connectivity index (χ4n) is 1.40. The van der Waals surface area contributed by atoms with Gasteiger partial charge in [-0.25, -0.2) is 4.39 Å². The van der Waals surface area contributed by atoms with Crippen LogP contribution in [-0.2, 0) is 6.18 Å². The van der Waals surface area contributed by atoms with Gasteiger partial charge in [0, 0.05) is 5.56 Å². The lowest BCUT2D eigenvalue weighted by molar-refractivity contribution is -0.138. The van der Waals surface area contributed by atoms with E-state index in [1.807, 2.05) is 0 Å². The average molecular weight is 220 g/mol. The molecule has 0 saturated carbocycles. The maximum atomic E-state index is 12.8. The number of Topliss-reactive ketones (excluding diaryl/α,β-unsaturated/α-hetero) is 1. The van der Waals surface area contributed by atoms with E-state index in [-0.39, 0.29) is 5.56 Å². The molecule has 0 fully saturated rings. The van der Waals surface area contributed by atoms with Crippen molar-refractivity contribution in [3.05, 3.63) is 34.6 Å². The topological polar surface area (TPSA) is 17.1 Å². The number of alkyl halides is 3. The molecule has 82 valence electrons. The predicted molar refractivity (Wildman–Crippen MR) is 46.1 cm³/mol. The third kappa shape index (κ3) is 2.34. The standard InChI is InChI=1S/C10H8F4O/c1-5-3-7(11)4-8(6(2)15)9(5)10(12,13)14/h3-4H,1-2H3. The van der Waals surface area contributed by atoms with Gasteiger partial charge in [0.15, 0.2) is 5.78 Å². The summed E-state index contributed by atoms with van der Waals surface area (Å²) in [6.07, 6.45) is -4.64. The number of carbonyl (C=O) groups is 1. The van der Waals surface area contributed by atoms with Crippen LogP contribution in [0.4, 0.5) is 17.6 Å². The van der Waals surface area contributed by atoms with Gasteiger partial charge in [0.1, 0.15) is 5.82 Å². The number of hydrogen-bond donors (Lipinski definition) is 0. The van der Waals surface area contributed by atoms with Crippen LogP contribution in [0.5, 0.6) is 0 Å². The Kier molecular flexibility index (Phi) is 2.83. The maximum absolute atomic E-state index is 12.8. The predicted octanol–water partition coefficient (Wildman–Crippen LogP) is 3.36. The molecule has 1 aromatic carbocycles. The fraction of sp³-hybridized carbons (Fsp3) is 0.300. The monoisotopic (exact) mass is 220 g/mol. The molecule has 0 aliphatic rings. The third-order valence-electron chi connectivity index (χ3n) is 1.96. The Bertz CT molecular complexity index is 407. The molecule has 1 rings (SSSR count). The first-order valence-electron chi connectivity index (χ1n) is 4.11. The van der Waals surface area contributed by atoms with Gasteiger partial charge in [-0.05, 0) is 31.5 Å². The van der Waals surface area contributed by atoms with Gasteiger partial charge in [-0.3, -0.25) is 4.79 Å². The normalized spacial score (nSPS) is 11.6. The molecular weight excluding hydrogens is 212 g/mol. The number of hydrogen-bond acceptors (Lipinski definition) is 1. The Morgan fingerprint density at radius 1 is 1.27 bits per heavy atom. The van der Waals surface area contributed by atoms with Gasteiger partial charge >= 0.3 is 6.18 Å². The quantitative estimate of drug-likeness (QED) is 0.524. The largest absolute Gasteiger partial charge is 0.417 e. The first-order valence-corrected chi connectivity index (χ1v) is 4.11. The van der Waals surface area contributed by atoms with Crippen molar-refractivity contribution in [3.63, 3.8) is 0 Å². The Hall–Kier alpha value is -1.39. The van der Waals surface area contributed by atoms with Gasteiger partial charge in [0.2, 0.25) is 0 Å². The molecule has 1 aromatic rings. The van der Waals surface area contributed by atoms with Crippen molar-refractivity contribution in [3.8, 4) is 0 Å². The number of carbonyl (C=O) groups excluding carboxylic acids is 1. The van der Waals surface area contributed by atoms with E-state index in [0.29, 0.717) is 6.07 Å². The summed E-state index contributed by atoms with van der Waals surface area (Å²) in [5, 5.41) is 0. The van der Waals surface area contributed by atoms with E-state index >= 15 is 0 Å². The van der Waals surface area contributed by atoms with Gasteiger partial charge < -0.3 is 0 Å². The zero-order valence-electron chi connectivity index (χ0n) is 8.07. The van der Waals surface area contributed by atoms with Gasteiger partial charge in [-0.15, -0.1) is 0 Å². The molecule has 15 heavy (non-hydrogen) atoms. The highest BCUT2D eigenvalue weighted by molar-refractivity contribution is 5.96. The summed E-state index contributed by atoms with van der Waals surface area (Å²) in [5.74, 6) is -1.64. The molecule has 0 bridgehead atoms. The number of rotatable bonds is 1. The summed E-state index contributed by atoms with van der Waals surface area (Å²) < 4.78 is 50.4. The molecule has 0 amide bonds. The van der Waals surface area contributed by atoms with E-state index in [2.05, 4.69) is 0 Å². The molecule has 0 radical (unpaired) electrons. The van der Waals surface area contributed by atoms with Crippen molar-refractivity contribution < 1.29 is 22.4 Å². The minimum atomic E-state index is -4.64. The van der Waals surface area contributed by atoms with E-state index in [0.717, 1.165) is 19.9 Å². The Morgan fingerprint density at radius 3 is 2.20 bits per heavy atom. The zero-order valence-corrected chi connectivity index (χ0v) is 8.07. The highest BCUT2D eigenvalue weighted by Crippen LogP contribution is 2.35. The van der Waals surface area contributed by atoms with Crippen LogP contribution < -0.4 is 0 Å². The second-order valence-corrected chi connectivity index (χ2v) is 3.20. The molecule has 5 heteroatoms. The highest BCUT2D eigenvalue weighted by Gasteiger charge is 2.36. The van der Waals surface area contributed by atoms with E-state index in [4.69, 9.17) is 0 Å². The van der Waals surface area contributed by atoms with Gasteiger partial charge in [0.25, 0.3) is 0 Å². The van der Waals surface area contributed by atoms with Crippen LogP contribution in [0, 0.1) is 12.7 Å². The van der Waals surface area contributed by atoms with Crippen molar-refractivity contribution in [2.24, 2.45) is 0 Å². The van der Waals surface area contributed by atoms with E-state index in [1.165, 1.54) is 0 Å². The van der Waals surface area contributed by atoms with Crippen molar-refractivity contribution in [2.45, 2.75) is 20.0 Å². The average Bonchev–Trinajstić information content (AvgIpc) is 1.99. The molecule has 0 N–H and O–H groups in total.